The summed E-state index contributed by atoms with van der Waals surface area (Å²) in [4.78, 5) is 13.8. The summed E-state index contributed by atoms with van der Waals surface area (Å²) in [5.41, 5.74) is 0. The SMILES string of the molecule is CNS(=O)(=O)CC(=O)N(C[C@H]1CCCN1)C1CC1. The van der Waals surface area contributed by atoms with E-state index in [4.69, 9.17) is 0 Å². The van der Waals surface area contributed by atoms with E-state index in [1.807, 2.05) is 0 Å². The van der Waals surface area contributed by atoms with Gasteiger partial charge in [-0.15, -0.1) is 0 Å². The Labute approximate surface area is 108 Å². The smallest absolute Gasteiger partial charge is 0.239 e. The molecule has 1 atom stereocenters. The minimum atomic E-state index is -3.46. The summed E-state index contributed by atoms with van der Waals surface area (Å²) in [6, 6.07) is 0.582. The lowest BCUT2D eigenvalue weighted by molar-refractivity contribution is -0.129. The Balaban J connectivity index is 1.94. The molecule has 2 aliphatic rings. The number of amides is 1. The first-order chi connectivity index (χ1) is 8.52. The van der Waals surface area contributed by atoms with Gasteiger partial charge in [0.2, 0.25) is 15.9 Å². The Morgan fingerprint density at radius 2 is 2.11 bits per heavy atom. The van der Waals surface area contributed by atoms with Crippen LogP contribution in [-0.4, -0.2) is 57.2 Å². The van der Waals surface area contributed by atoms with E-state index in [0.717, 1.165) is 32.2 Å². The highest BCUT2D eigenvalue weighted by Crippen LogP contribution is 2.28. The molecular formula is C11H21N3O3S. The third-order valence-corrected chi connectivity index (χ3v) is 4.76. The van der Waals surface area contributed by atoms with Crippen molar-refractivity contribution < 1.29 is 13.2 Å². The summed E-state index contributed by atoms with van der Waals surface area (Å²) >= 11 is 0. The Morgan fingerprint density at radius 1 is 1.39 bits per heavy atom. The second kappa shape index (κ2) is 5.54. The third kappa shape index (κ3) is 3.66. The quantitative estimate of drug-likeness (QED) is 0.670. The van der Waals surface area contributed by atoms with E-state index in [1.165, 1.54) is 7.05 Å². The summed E-state index contributed by atoms with van der Waals surface area (Å²) in [7, 11) is -2.13. The molecule has 1 saturated heterocycles. The first-order valence-electron chi connectivity index (χ1n) is 6.46. The molecule has 104 valence electrons. The highest BCUT2D eigenvalue weighted by Gasteiger charge is 2.35. The predicted molar refractivity (Wildman–Crippen MR) is 68.6 cm³/mol. The summed E-state index contributed by atoms with van der Waals surface area (Å²) in [5, 5.41) is 3.34. The van der Waals surface area contributed by atoms with Crippen LogP contribution in [0, 0.1) is 0 Å². The van der Waals surface area contributed by atoms with Crippen LogP contribution in [0.15, 0.2) is 0 Å². The molecule has 2 fully saturated rings. The maximum Gasteiger partial charge on any atom is 0.239 e. The van der Waals surface area contributed by atoms with Crippen molar-refractivity contribution in [3.05, 3.63) is 0 Å². The van der Waals surface area contributed by atoms with Gasteiger partial charge in [0.1, 0.15) is 5.75 Å². The molecule has 6 nitrogen and oxygen atoms in total. The van der Waals surface area contributed by atoms with Crippen LogP contribution in [0.5, 0.6) is 0 Å². The monoisotopic (exact) mass is 275 g/mol. The largest absolute Gasteiger partial charge is 0.337 e. The fraction of sp³-hybridized carbons (Fsp3) is 0.909. The van der Waals surface area contributed by atoms with E-state index in [2.05, 4.69) is 10.0 Å². The molecule has 0 aromatic rings. The van der Waals surface area contributed by atoms with Gasteiger partial charge in [0.25, 0.3) is 0 Å². The number of carbonyl (C=O) groups is 1. The number of nitrogens with zero attached hydrogens (tertiary/aromatic N) is 1. The Morgan fingerprint density at radius 3 is 2.61 bits per heavy atom. The molecule has 2 N–H and O–H groups in total. The fourth-order valence-corrected chi connectivity index (χ4v) is 2.94. The maximum absolute atomic E-state index is 12.1. The van der Waals surface area contributed by atoms with Crippen molar-refractivity contribution in [3.63, 3.8) is 0 Å². The lowest BCUT2D eigenvalue weighted by Gasteiger charge is -2.25. The fourth-order valence-electron chi connectivity index (χ4n) is 2.31. The van der Waals surface area contributed by atoms with Crippen molar-refractivity contribution in [2.45, 2.75) is 37.8 Å². The normalized spacial score (nSPS) is 24.2. The number of hydrogen-bond acceptors (Lipinski definition) is 4. The lowest BCUT2D eigenvalue weighted by atomic mass is 10.2. The van der Waals surface area contributed by atoms with Crippen molar-refractivity contribution in [1.29, 1.82) is 0 Å². The van der Waals surface area contributed by atoms with Gasteiger partial charge in [-0.1, -0.05) is 0 Å². The molecule has 1 aliphatic heterocycles. The number of rotatable bonds is 6. The van der Waals surface area contributed by atoms with Crippen LogP contribution >= 0.6 is 0 Å². The number of carbonyl (C=O) groups excluding carboxylic acids is 1. The average molecular weight is 275 g/mol. The first kappa shape index (κ1) is 13.8. The average Bonchev–Trinajstić information content (AvgIpc) is 3.02. The summed E-state index contributed by atoms with van der Waals surface area (Å²) in [6.45, 7) is 1.63. The van der Waals surface area contributed by atoms with Crippen LogP contribution in [0.2, 0.25) is 0 Å². The minimum absolute atomic E-state index is 0.256. The molecule has 1 heterocycles. The van der Waals surface area contributed by atoms with Gasteiger partial charge in [-0.05, 0) is 39.3 Å². The van der Waals surface area contributed by atoms with Crippen molar-refractivity contribution in [1.82, 2.24) is 14.9 Å². The Hall–Kier alpha value is -0.660. The molecule has 7 heteroatoms. The summed E-state index contributed by atoms with van der Waals surface area (Å²) < 4.78 is 25.0. The van der Waals surface area contributed by atoms with E-state index in [1.54, 1.807) is 4.90 Å². The van der Waals surface area contributed by atoms with Crippen LogP contribution in [0.1, 0.15) is 25.7 Å². The molecule has 0 aromatic heterocycles. The zero-order valence-corrected chi connectivity index (χ0v) is 11.5. The van der Waals surface area contributed by atoms with Crippen LogP contribution in [0.3, 0.4) is 0 Å². The predicted octanol–water partition coefficient (Wildman–Crippen LogP) is -0.721. The third-order valence-electron chi connectivity index (χ3n) is 3.51. The number of nitrogens with one attached hydrogen (secondary N) is 2. The molecule has 0 unspecified atom stereocenters. The molecule has 0 radical (unpaired) electrons. The summed E-state index contributed by atoms with van der Waals surface area (Å²) in [5.74, 6) is -0.715. The lowest BCUT2D eigenvalue weighted by Crippen LogP contribution is -2.45. The van der Waals surface area contributed by atoms with E-state index < -0.39 is 15.8 Å². The van der Waals surface area contributed by atoms with Crippen molar-refractivity contribution in [3.8, 4) is 0 Å². The van der Waals surface area contributed by atoms with Crippen LogP contribution in [0.4, 0.5) is 0 Å². The Bertz CT molecular complexity index is 400. The maximum atomic E-state index is 12.1. The molecule has 0 aromatic carbocycles. The van der Waals surface area contributed by atoms with Gasteiger partial charge in [0.15, 0.2) is 0 Å². The standard InChI is InChI=1S/C11H21N3O3S/c1-12-18(16,17)8-11(15)14(10-4-5-10)7-9-3-2-6-13-9/h9-10,12-13H,2-8H2,1H3/t9-/m1/s1. The second-order valence-corrected chi connectivity index (χ2v) is 6.96. The number of hydrogen-bond donors (Lipinski definition) is 2. The van der Waals surface area contributed by atoms with Crippen molar-refractivity contribution >= 4 is 15.9 Å². The van der Waals surface area contributed by atoms with Gasteiger partial charge in [-0.2, -0.15) is 0 Å². The van der Waals surface area contributed by atoms with Gasteiger partial charge in [0, 0.05) is 18.6 Å². The molecule has 1 amide bonds. The molecule has 0 bridgehead atoms. The molecule has 1 aliphatic carbocycles. The van der Waals surface area contributed by atoms with E-state index in [0.29, 0.717) is 12.6 Å². The van der Waals surface area contributed by atoms with Gasteiger partial charge in [0.05, 0.1) is 0 Å². The van der Waals surface area contributed by atoms with E-state index in [9.17, 15) is 13.2 Å². The highest BCUT2D eigenvalue weighted by atomic mass is 32.2. The Kier molecular flexibility index (Phi) is 4.24. The highest BCUT2D eigenvalue weighted by molar-refractivity contribution is 7.90. The van der Waals surface area contributed by atoms with Crippen LogP contribution < -0.4 is 10.0 Å². The molecule has 0 spiro atoms. The van der Waals surface area contributed by atoms with Gasteiger partial charge < -0.3 is 10.2 Å². The van der Waals surface area contributed by atoms with E-state index in [-0.39, 0.29) is 11.9 Å². The summed E-state index contributed by atoms with van der Waals surface area (Å²) in [6.07, 6.45) is 4.19. The van der Waals surface area contributed by atoms with Crippen molar-refractivity contribution in [2.75, 3.05) is 25.9 Å². The minimum Gasteiger partial charge on any atom is -0.337 e. The molecular weight excluding hydrogens is 254 g/mol. The molecule has 1 saturated carbocycles. The van der Waals surface area contributed by atoms with Crippen molar-refractivity contribution in [2.24, 2.45) is 0 Å². The van der Waals surface area contributed by atoms with Gasteiger partial charge >= 0.3 is 0 Å². The van der Waals surface area contributed by atoms with Gasteiger partial charge in [-0.25, -0.2) is 13.1 Å². The van der Waals surface area contributed by atoms with Crippen LogP contribution in [-0.2, 0) is 14.8 Å². The number of sulfonamides is 1. The first-order valence-corrected chi connectivity index (χ1v) is 8.11. The zero-order valence-electron chi connectivity index (χ0n) is 10.7. The second-order valence-electron chi connectivity index (χ2n) is 5.03. The van der Waals surface area contributed by atoms with Gasteiger partial charge in [-0.3, -0.25) is 4.79 Å². The topological polar surface area (TPSA) is 78.5 Å². The molecule has 2 rings (SSSR count). The zero-order chi connectivity index (χ0) is 13.2. The van der Waals surface area contributed by atoms with Crippen LogP contribution in [0.25, 0.3) is 0 Å². The molecule has 18 heavy (non-hydrogen) atoms. The van der Waals surface area contributed by atoms with E-state index >= 15 is 0 Å².